The van der Waals surface area contributed by atoms with Gasteiger partial charge in [0.15, 0.2) is 5.82 Å². The second kappa shape index (κ2) is 3.81. The van der Waals surface area contributed by atoms with Crippen molar-refractivity contribution in [2.45, 2.75) is 19.9 Å². The van der Waals surface area contributed by atoms with Crippen molar-refractivity contribution in [2.24, 2.45) is 0 Å². The Labute approximate surface area is 87.6 Å². The molecule has 15 heavy (non-hydrogen) atoms. The second-order valence-electron chi connectivity index (χ2n) is 3.61. The van der Waals surface area contributed by atoms with Gasteiger partial charge in [-0.1, -0.05) is 0 Å². The summed E-state index contributed by atoms with van der Waals surface area (Å²) in [6, 6.07) is 4.99. The van der Waals surface area contributed by atoms with Crippen LogP contribution in [0.5, 0.6) is 0 Å². The first-order valence-corrected chi connectivity index (χ1v) is 4.84. The summed E-state index contributed by atoms with van der Waals surface area (Å²) in [5.74, 6) is -0.341. The van der Waals surface area contributed by atoms with Crippen molar-refractivity contribution >= 4 is 0 Å². The smallest absolute Gasteiger partial charge is 0.151 e. The first kappa shape index (κ1) is 9.83. The van der Waals surface area contributed by atoms with Gasteiger partial charge in [0.1, 0.15) is 11.4 Å². The predicted molar refractivity (Wildman–Crippen MR) is 55.8 cm³/mol. The molecule has 2 heterocycles. The van der Waals surface area contributed by atoms with Crippen LogP contribution >= 0.6 is 0 Å². The van der Waals surface area contributed by atoms with Crippen molar-refractivity contribution in [2.75, 3.05) is 0 Å². The second-order valence-corrected chi connectivity index (χ2v) is 3.61. The molecule has 2 rings (SSSR count). The van der Waals surface area contributed by atoms with E-state index in [0.29, 0.717) is 11.4 Å². The molecule has 4 heteroatoms. The van der Waals surface area contributed by atoms with Crippen molar-refractivity contribution in [3.63, 3.8) is 0 Å². The SMILES string of the molecule is CC(C)n1ccc(-c2ncccc2F)n1. The Balaban J connectivity index is 2.42. The van der Waals surface area contributed by atoms with Crippen molar-refractivity contribution in [3.05, 3.63) is 36.4 Å². The molecule has 2 aromatic heterocycles. The van der Waals surface area contributed by atoms with E-state index in [1.807, 2.05) is 20.0 Å². The van der Waals surface area contributed by atoms with Crippen LogP contribution in [0.2, 0.25) is 0 Å². The zero-order valence-corrected chi connectivity index (χ0v) is 8.68. The average molecular weight is 205 g/mol. The molecule has 0 atom stereocenters. The number of halogens is 1. The molecule has 0 fully saturated rings. The molecule has 0 aromatic carbocycles. The van der Waals surface area contributed by atoms with E-state index in [0.717, 1.165) is 0 Å². The molecular formula is C11H12FN3. The highest BCUT2D eigenvalue weighted by molar-refractivity contribution is 5.53. The molecule has 0 spiro atoms. The lowest BCUT2D eigenvalue weighted by Gasteiger charge is -2.03. The number of aromatic nitrogens is 3. The van der Waals surface area contributed by atoms with Crippen LogP contribution in [0.15, 0.2) is 30.6 Å². The summed E-state index contributed by atoms with van der Waals surface area (Å²) in [5, 5.41) is 4.26. The van der Waals surface area contributed by atoms with Gasteiger partial charge >= 0.3 is 0 Å². The quantitative estimate of drug-likeness (QED) is 0.754. The highest BCUT2D eigenvalue weighted by Gasteiger charge is 2.09. The van der Waals surface area contributed by atoms with Crippen molar-refractivity contribution in [3.8, 4) is 11.4 Å². The van der Waals surface area contributed by atoms with Gasteiger partial charge in [0, 0.05) is 18.4 Å². The van der Waals surface area contributed by atoms with Gasteiger partial charge in [-0.15, -0.1) is 0 Å². The summed E-state index contributed by atoms with van der Waals surface area (Å²) in [5.41, 5.74) is 0.874. The molecule has 78 valence electrons. The standard InChI is InChI=1S/C11H12FN3/c1-8(2)15-7-5-10(14-15)11-9(12)4-3-6-13-11/h3-8H,1-2H3. The maximum Gasteiger partial charge on any atom is 0.151 e. The normalized spacial score (nSPS) is 10.9. The van der Waals surface area contributed by atoms with Gasteiger partial charge in [0.25, 0.3) is 0 Å². The van der Waals surface area contributed by atoms with Crippen molar-refractivity contribution in [1.82, 2.24) is 14.8 Å². The maximum absolute atomic E-state index is 13.4. The van der Waals surface area contributed by atoms with E-state index in [1.54, 1.807) is 23.0 Å². The summed E-state index contributed by atoms with van der Waals surface area (Å²) in [6.07, 6.45) is 3.39. The van der Waals surface area contributed by atoms with Crippen LogP contribution in [0.1, 0.15) is 19.9 Å². The van der Waals surface area contributed by atoms with Crippen LogP contribution in [0.25, 0.3) is 11.4 Å². The van der Waals surface area contributed by atoms with Crippen LogP contribution in [0.4, 0.5) is 4.39 Å². The molecule has 0 unspecified atom stereocenters. The first-order valence-electron chi connectivity index (χ1n) is 4.84. The molecule has 0 amide bonds. The minimum atomic E-state index is -0.341. The summed E-state index contributed by atoms with van der Waals surface area (Å²) in [6.45, 7) is 4.04. The van der Waals surface area contributed by atoms with Crippen LogP contribution in [-0.2, 0) is 0 Å². The lowest BCUT2D eigenvalue weighted by molar-refractivity contribution is 0.533. The number of pyridine rings is 1. The van der Waals surface area contributed by atoms with Gasteiger partial charge in [-0.2, -0.15) is 5.10 Å². The summed E-state index contributed by atoms with van der Waals surface area (Å²) >= 11 is 0. The van der Waals surface area contributed by atoms with E-state index >= 15 is 0 Å². The summed E-state index contributed by atoms with van der Waals surface area (Å²) in [7, 11) is 0. The lowest BCUT2D eigenvalue weighted by Crippen LogP contribution is -2.01. The Kier molecular flexibility index (Phi) is 2.49. The molecule has 0 saturated carbocycles. The van der Waals surface area contributed by atoms with Crippen LogP contribution < -0.4 is 0 Å². The molecule has 0 saturated heterocycles. The van der Waals surface area contributed by atoms with Crippen molar-refractivity contribution < 1.29 is 4.39 Å². The van der Waals surface area contributed by atoms with Gasteiger partial charge in [-0.3, -0.25) is 9.67 Å². The molecule has 0 aliphatic heterocycles. The Bertz CT molecular complexity index is 462. The average Bonchev–Trinajstić information content (AvgIpc) is 2.67. The minimum absolute atomic E-state index is 0.269. The van der Waals surface area contributed by atoms with Crippen LogP contribution in [0.3, 0.4) is 0 Å². The van der Waals surface area contributed by atoms with E-state index in [2.05, 4.69) is 10.1 Å². The number of nitrogens with zero attached hydrogens (tertiary/aromatic N) is 3. The third-order valence-electron chi connectivity index (χ3n) is 2.14. The third-order valence-corrected chi connectivity index (χ3v) is 2.14. The highest BCUT2D eigenvalue weighted by atomic mass is 19.1. The molecule has 0 radical (unpaired) electrons. The Morgan fingerprint density at radius 3 is 2.73 bits per heavy atom. The highest BCUT2D eigenvalue weighted by Crippen LogP contribution is 2.18. The zero-order chi connectivity index (χ0) is 10.8. The molecular weight excluding hydrogens is 193 g/mol. The van der Waals surface area contributed by atoms with E-state index in [9.17, 15) is 4.39 Å². The van der Waals surface area contributed by atoms with Gasteiger partial charge in [-0.05, 0) is 32.0 Å². The van der Waals surface area contributed by atoms with Crippen molar-refractivity contribution in [1.29, 1.82) is 0 Å². The van der Waals surface area contributed by atoms with Gasteiger partial charge < -0.3 is 0 Å². The molecule has 0 bridgehead atoms. The van der Waals surface area contributed by atoms with E-state index < -0.39 is 0 Å². The molecule has 3 nitrogen and oxygen atoms in total. The predicted octanol–water partition coefficient (Wildman–Crippen LogP) is 2.67. The summed E-state index contributed by atoms with van der Waals surface area (Å²) in [4.78, 5) is 3.97. The van der Waals surface area contributed by atoms with Gasteiger partial charge in [0.2, 0.25) is 0 Å². The largest absolute Gasteiger partial charge is 0.270 e. The minimum Gasteiger partial charge on any atom is -0.270 e. The molecule has 0 N–H and O–H groups in total. The molecule has 2 aromatic rings. The topological polar surface area (TPSA) is 30.7 Å². The Hall–Kier alpha value is -1.71. The van der Waals surface area contributed by atoms with Crippen LogP contribution in [0, 0.1) is 5.82 Å². The molecule has 0 aliphatic carbocycles. The van der Waals surface area contributed by atoms with Gasteiger partial charge in [0.05, 0.1) is 0 Å². The fourth-order valence-electron chi connectivity index (χ4n) is 1.33. The third kappa shape index (κ3) is 1.88. The van der Waals surface area contributed by atoms with Gasteiger partial charge in [-0.25, -0.2) is 4.39 Å². The van der Waals surface area contributed by atoms with E-state index in [4.69, 9.17) is 0 Å². The first-order chi connectivity index (χ1) is 7.18. The van der Waals surface area contributed by atoms with Crippen LogP contribution in [-0.4, -0.2) is 14.8 Å². The fraction of sp³-hybridized carbons (Fsp3) is 0.273. The van der Waals surface area contributed by atoms with E-state index in [1.165, 1.54) is 6.07 Å². The molecule has 0 aliphatic rings. The lowest BCUT2D eigenvalue weighted by atomic mass is 10.3. The fourth-order valence-corrected chi connectivity index (χ4v) is 1.33. The summed E-state index contributed by atoms with van der Waals surface area (Å²) < 4.78 is 15.2. The number of rotatable bonds is 2. The Morgan fingerprint density at radius 2 is 2.13 bits per heavy atom. The van der Waals surface area contributed by atoms with E-state index in [-0.39, 0.29) is 11.9 Å². The number of hydrogen-bond acceptors (Lipinski definition) is 2. The zero-order valence-electron chi connectivity index (χ0n) is 8.68. The Morgan fingerprint density at radius 1 is 1.33 bits per heavy atom. The monoisotopic (exact) mass is 205 g/mol. The number of hydrogen-bond donors (Lipinski definition) is 0. The maximum atomic E-state index is 13.4.